The molecule has 1 aromatic rings. The molecule has 4 heteroatoms. The van der Waals surface area contributed by atoms with Crippen LogP contribution in [0.2, 0.25) is 0 Å². The molecule has 0 saturated carbocycles. The van der Waals surface area contributed by atoms with Crippen molar-refractivity contribution in [2.75, 3.05) is 0 Å². The van der Waals surface area contributed by atoms with Gasteiger partial charge in [-0.1, -0.05) is 0 Å². The zero-order valence-electron chi connectivity index (χ0n) is 6.06. The molecule has 0 fully saturated rings. The highest BCUT2D eigenvalue weighted by molar-refractivity contribution is 6.62. The highest BCUT2D eigenvalue weighted by Crippen LogP contribution is 2.05. The average molecular weight is 174 g/mol. The average Bonchev–Trinajstić information content (AvgIpc) is 2.31. The molecule has 0 unspecified atom stereocenters. The largest absolute Gasteiger partial charge is 0.465 e. The van der Waals surface area contributed by atoms with Gasteiger partial charge in [-0.15, -0.1) is 0 Å². The number of hydrogen-bond acceptors (Lipinski definition) is 2. The highest BCUT2D eigenvalue weighted by Gasteiger charge is 1.98. The van der Waals surface area contributed by atoms with E-state index >= 15 is 0 Å². The van der Waals surface area contributed by atoms with Crippen LogP contribution in [0.3, 0.4) is 0 Å². The third kappa shape index (κ3) is 2.63. The second-order valence-corrected chi connectivity index (χ2v) is 2.48. The van der Waals surface area contributed by atoms with Crippen LogP contribution in [-0.4, -0.2) is 5.37 Å². The van der Waals surface area contributed by atoms with Crippen LogP contribution in [0.4, 0.5) is 4.79 Å². The molecule has 0 saturated heterocycles. The van der Waals surface area contributed by atoms with E-state index in [2.05, 4.69) is 5.32 Å². The van der Waals surface area contributed by atoms with E-state index in [1.54, 1.807) is 6.07 Å². The predicted octanol–water partition coefficient (Wildman–Crippen LogP) is 2.04. The number of amides is 1. The lowest BCUT2D eigenvalue weighted by molar-refractivity contribution is 0.258. The van der Waals surface area contributed by atoms with Crippen molar-refractivity contribution >= 4 is 17.0 Å². The van der Waals surface area contributed by atoms with Crippen LogP contribution in [0, 0.1) is 6.92 Å². The molecule has 0 radical (unpaired) electrons. The Bertz CT molecular complexity index is 257. The molecule has 1 rings (SSSR count). The van der Waals surface area contributed by atoms with E-state index in [9.17, 15) is 4.79 Å². The predicted molar refractivity (Wildman–Crippen MR) is 41.5 cm³/mol. The Morgan fingerprint density at radius 1 is 1.73 bits per heavy atom. The number of carbonyl (C=O) groups excluding carboxylic acids is 1. The van der Waals surface area contributed by atoms with Crippen molar-refractivity contribution in [3.8, 4) is 0 Å². The molecule has 60 valence electrons. The molecule has 3 nitrogen and oxygen atoms in total. The third-order valence-electron chi connectivity index (χ3n) is 1.20. The zero-order valence-corrected chi connectivity index (χ0v) is 6.81. The highest BCUT2D eigenvalue weighted by atomic mass is 35.5. The van der Waals surface area contributed by atoms with Gasteiger partial charge in [0.1, 0.15) is 11.5 Å². The van der Waals surface area contributed by atoms with Gasteiger partial charge in [-0.25, -0.2) is 0 Å². The van der Waals surface area contributed by atoms with Crippen molar-refractivity contribution < 1.29 is 9.21 Å². The Balaban J connectivity index is 2.45. The number of furan rings is 1. The van der Waals surface area contributed by atoms with Crippen LogP contribution < -0.4 is 5.32 Å². The second-order valence-electron chi connectivity index (χ2n) is 2.14. The minimum Gasteiger partial charge on any atom is -0.465 e. The molecule has 11 heavy (non-hydrogen) atoms. The van der Waals surface area contributed by atoms with Gasteiger partial charge in [0, 0.05) is 0 Å². The molecule has 0 spiro atoms. The number of carbonyl (C=O) groups is 1. The van der Waals surface area contributed by atoms with Gasteiger partial charge in [-0.3, -0.25) is 4.79 Å². The number of hydrogen-bond donors (Lipinski definition) is 1. The standard InChI is InChI=1S/C7H8ClNO2/c1-5-2-3-6(11-5)4-9-7(8)10/h2-3H,4H2,1H3,(H,9,10). The summed E-state index contributed by atoms with van der Waals surface area (Å²) in [6, 6.07) is 3.62. The normalized spacial score (nSPS) is 9.64. The van der Waals surface area contributed by atoms with Crippen molar-refractivity contribution in [3.05, 3.63) is 23.7 Å². The topological polar surface area (TPSA) is 42.2 Å². The fraction of sp³-hybridized carbons (Fsp3) is 0.286. The van der Waals surface area contributed by atoms with E-state index < -0.39 is 5.37 Å². The molecule has 1 N–H and O–H groups in total. The van der Waals surface area contributed by atoms with Gasteiger partial charge in [-0.05, 0) is 30.7 Å². The van der Waals surface area contributed by atoms with Crippen LogP contribution in [-0.2, 0) is 6.54 Å². The van der Waals surface area contributed by atoms with E-state index in [0.29, 0.717) is 12.3 Å². The minimum absolute atomic E-state index is 0.343. The smallest absolute Gasteiger partial charge is 0.314 e. The van der Waals surface area contributed by atoms with Crippen LogP contribution in [0.1, 0.15) is 11.5 Å². The Kier molecular flexibility index (Phi) is 2.54. The van der Waals surface area contributed by atoms with Crippen molar-refractivity contribution in [2.24, 2.45) is 0 Å². The van der Waals surface area contributed by atoms with Crippen LogP contribution in [0.25, 0.3) is 0 Å². The molecule has 0 atom stereocenters. The van der Waals surface area contributed by atoms with Crippen LogP contribution >= 0.6 is 11.6 Å². The molecular weight excluding hydrogens is 166 g/mol. The Morgan fingerprint density at radius 3 is 2.91 bits per heavy atom. The minimum atomic E-state index is -0.570. The summed E-state index contributed by atoms with van der Waals surface area (Å²) in [5, 5.41) is 1.84. The van der Waals surface area contributed by atoms with Gasteiger partial charge < -0.3 is 9.73 Å². The summed E-state index contributed by atoms with van der Waals surface area (Å²) in [5.74, 6) is 1.53. The van der Waals surface area contributed by atoms with Gasteiger partial charge in [0.05, 0.1) is 6.54 Å². The number of nitrogens with one attached hydrogen (secondary N) is 1. The third-order valence-corrected chi connectivity index (χ3v) is 1.33. The summed E-state index contributed by atoms with van der Waals surface area (Å²) in [5.41, 5.74) is 0. The van der Waals surface area contributed by atoms with Gasteiger partial charge in [0.2, 0.25) is 0 Å². The molecule has 0 aromatic carbocycles. The zero-order chi connectivity index (χ0) is 8.27. The maximum atomic E-state index is 10.2. The molecule has 1 amide bonds. The van der Waals surface area contributed by atoms with Gasteiger partial charge in [0.15, 0.2) is 0 Å². The van der Waals surface area contributed by atoms with Crippen molar-refractivity contribution in [3.63, 3.8) is 0 Å². The first-order valence-corrected chi connectivity index (χ1v) is 3.55. The van der Waals surface area contributed by atoms with Gasteiger partial charge >= 0.3 is 5.37 Å². The quantitative estimate of drug-likeness (QED) is 0.549. The Morgan fingerprint density at radius 2 is 2.45 bits per heavy atom. The van der Waals surface area contributed by atoms with Crippen molar-refractivity contribution in [1.29, 1.82) is 0 Å². The lowest BCUT2D eigenvalue weighted by Gasteiger charge is -1.94. The monoisotopic (exact) mass is 173 g/mol. The number of aryl methyl sites for hydroxylation is 1. The Hall–Kier alpha value is -0.960. The van der Waals surface area contributed by atoms with E-state index in [4.69, 9.17) is 16.0 Å². The summed E-state index contributed by atoms with van der Waals surface area (Å²) < 4.78 is 5.16. The molecule has 0 aliphatic carbocycles. The number of rotatable bonds is 2. The maximum Gasteiger partial charge on any atom is 0.314 e. The van der Waals surface area contributed by atoms with E-state index in [0.717, 1.165) is 5.76 Å². The SMILES string of the molecule is Cc1ccc(CNC(=O)Cl)o1. The Labute approximate surface area is 69.3 Å². The fourth-order valence-corrected chi connectivity index (χ4v) is 0.804. The molecule has 0 bridgehead atoms. The molecular formula is C7H8ClNO2. The van der Waals surface area contributed by atoms with E-state index in [-0.39, 0.29) is 0 Å². The fourth-order valence-electron chi connectivity index (χ4n) is 0.737. The summed E-state index contributed by atoms with van der Waals surface area (Å²) in [6.45, 7) is 2.18. The first-order chi connectivity index (χ1) is 5.18. The van der Waals surface area contributed by atoms with Crippen molar-refractivity contribution in [1.82, 2.24) is 5.32 Å². The van der Waals surface area contributed by atoms with Gasteiger partial charge in [-0.2, -0.15) is 0 Å². The second kappa shape index (κ2) is 3.44. The summed E-state index contributed by atoms with van der Waals surface area (Å²) in [7, 11) is 0. The van der Waals surface area contributed by atoms with E-state index in [1.807, 2.05) is 13.0 Å². The van der Waals surface area contributed by atoms with Gasteiger partial charge in [0.25, 0.3) is 0 Å². The molecule has 1 heterocycles. The lowest BCUT2D eigenvalue weighted by atomic mass is 10.4. The summed E-state index contributed by atoms with van der Waals surface area (Å²) in [4.78, 5) is 10.2. The number of halogens is 1. The summed E-state index contributed by atoms with van der Waals surface area (Å²) in [6.07, 6.45) is 0. The molecule has 0 aliphatic rings. The lowest BCUT2D eigenvalue weighted by Crippen LogP contribution is -2.14. The van der Waals surface area contributed by atoms with Crippen LogP contribution in [0.5, 0.6) is 0 Å². The first-order valence-electron chi connectivity index (χ1n) is 3.17. The molecule has 0 aliphatic heterocycles. The van der Waals surface area contributed by atoms with Crippen molar-refractivity contribution in [2.45, 2.75) is 13.5 Å². The molecule has 1 aromatic heterocycles. The maximum absolute atomic E-state index is 10.2. The van der Waals surface area contributed by atoms with E-state index in [1.165, 1.54) is 0 Å². The summed E-state index contributed by atoms with van der Waals surface area (Å²) >= 11 is 5.04. The first kappa shape index (κ1) is 8.14. The van der Waals surface area contributed by atoms with Crippen LogP contribution in [0.15, 0.2) is 16.5 Å².